The van der Waals surface area contributed by atoms with E-state index >= 15 is 0 Å². The molecule has 2 bridgehead atoms. The highest BCUT2D eigenvalue weighted by Gasteiger charge is 2.41. The topological polar surface area (TPSA) is 114 Å². The summed E-state index contributed by atoms with van der Waals surface area (Å²) in [5.41, 5.74) is 0. The molecule has 0 spiro atoms. The molecule has 3 aliphatic rings. The minimum Gasteiger partial charge on any atom is -0.497 e. The quantitative estimate of drug-likeness (QED) is 0.471. The Bertz CT molecular complexity index is 1010. The highest BCUT2D eigenvalue weighted by Crippen LogP contribution is 2.44. The maximum atomic E-state index is 13.0. The zero-order valence-electron chi connectivity index (χ0n) is 20.4. The third-order valence-corrected chi connectivity index (χ3v) is 9.14. The summed E-state index contributed by atoms with van der Waals surface area (Å²) in [6.07, 6.45) is 6.45. The summed E-state index contributed by atoms with van der Waals surface area (Å²) in [6.45, 7) is 1.72. The summed E-state index contributed by atoms with van der Waals surface area (Å²) in [4.78, 5) is 12.9. The van der Waals surface area contributed by atoms with Crippen LogP contribution in [-0.2, 0) is 24.3 Å². The maximum absolute atomic E-state index is 13.0. The van der Waals surface area contributed by atoms with Crippen LogP contribution in [0.5, 0.6) is 5.75 Å². The number of carbonyl (C=O) groups excluding carboxylic acids is 1. The zero-order valence-corrected chi connectivity index (χ0v) is 21.2. The lowest BCUT2D eigenvalue weighted by Crippen LogP contribution is -2.41. The molecule has 35 heavy (non-hydrogen) atoms. The van der Waals surface area contributed by atoms with E-state index in [4.69, 9.17) is 14.2 Å². The van der Waals surface area contributed by atoms with Gasteiger partial charge in [-0.25, -0.2) is 8.42 Å². The minimum atomic E-state index is -3.82. The number of nitrogens with one attached hydrogen (secondary N) is 1. The standard InChI is InChI=1S/C25H36N2O7S/c1-17-13-23(25(29)26-22-16-18-3-4-19(22)15-18)34-24(14-17)33-12-10-27(9-11-28)35(30,31)21-7-5-20(32-2)6-8-21/h5-8,13,17-19,22,24,28H,3-4,9-12,14-16H2,1-2H3,(H,26,29)/t17-,18?,19?,22?,24+/m0/s1. The van der Waals surface area contributed by atoms with E-state index in [1.165, 1.54) is 42.8 Å². The Morgan fingerprint density at radius 1 is 1.17 bits per heavy atom. The van der Waals surface area contributed by atoms with Crippen LogP contribution in [0, 0.1) is 17.8 Å². The first kappa shape index (κ1) is 25.9. The van der Waals surface area contributed by atoms with Crippen molar-refractivity contribution in [3.8, 4) is 5.75 Å². The Kier molecular flexibility index (Phi) is 8.36. The molecular formula is C25H36N2O7S. The normalized spacial score (nSPS) is 28.0. The molecule has 1 aliphatic heterocycles. The van der Waals surface area contributed by atoms with Gasteiger partial charge in [0.2, 0.25) is 16.3 Å². The fourth-order valence-electron chi connectivity index (χ4n) is 5.40. The van der Waals surface area contributed by atoms with Gasteiger partial charge < -0.3 is 24.6 Å². The molecule has 1 heterocycles. The summed E-state index contributed by atoms with van der Waals surface area (Å²) < 4.78 is 44.0. The molecular weight excluding hydrogens is 472 g/mol. The molecule has 1 aromatic carbocycles. The molecule has 1 amide bonds. The molecule has 5 atom stereocenters. The molecule has 2 fully saturated rings. The van der Waals surface area contributed by atoms with Gasteiger partial charge in [-0.1, -0.05) is 13.3 Å². The first-order valence-electron chi connectivity index (χ1n) is 12.4. The molecule has 3 unspecified atom stereocenters. The van der Waals surface area contributed by atoms with Crippen LogP contribution in [0.1, 0.15) is 39.0 Å². The van der Waals surface area contributed by atoms with E-state index in [9.17, 15) is 18.3 Å². The monoisotopic (exact) mass is 508 g/mol. The number of methoxy groups -OCH3 is 1. The van der Waals surface area contributed by atoms with Crippen LogP contribution in [0.15, 0.2) is 41.0 Å². The molecule has 0 saturated heterocycles. The van der Waals surface area contributed by atoms with E-state index in [0.29, 0.717) is 18.1 Å². The number of carbonyl (C=O) groups is 1. The Hall–Kier alpha value is -2.14. The number of aliphatic hydroxyl groups is 1. The van der Waals surface area contributed by atoms with Gasteiger partial charge in [0, 0.05) is 25.6 Å². The van der Waals surface area contributed by atoms with Crippen molar-refractivity contribution in [1.29, 1.82) is 0 Å². The summed E-state index contributed by atoms with van der Waals surface area (Å²) in [5, 5.41) is 12.6. The predicted octanol–water partition coefficient (Wildman–Crippen LogP) is 2.27. The van der Waals surface area contributed by atoms with Crippen LogP contribution in [0.25, 0.3) is 0 Å². The first-order valence-corrected chi connectivity index (χ1v) is 13.8. The average molecular weight is 509 g/mol. The van der Waals surface area contributed by atoms with Gasteiger partial charge >= 0.3 is 0 Å². The highest BCUT2D eigenvalue weighted by molar-refractivity contribution is 7.89. The Morgan fingerprint density at radius 3 is 2.57 bits per heavy atom. The van der Waals surface area contributed by atoms with Gasteiger partial charge in [0.15, 0.2) is 5.76 Å². The number of nitrogens with zero attached hydrogens (tertiary/aromatic N) is 1. The molecule has 4 rings (SSSR count). The number of amides is 1. The van der Waals surface area contributed by atoms with E-state index in [1.807, 2.05) is 13.0 Å². The number of fused-ring (bicyclic) bond motifs is 2. The third-order valence-electron chi connectivity index (χ3n) is 7.23. The van der Waals surface area contributed by atoms with E-state index in [0.717, 1.165) is 12.3 Å². The van der Waals surface area contributed by atoms with Crippen LogP contribution in [0.3, 0.4) is 0 Å². The van der Waals surface area contributed by atoms with Crippen molar-refractivity contribution < 1.29 is 32.5 Å². The third kappa shape index (κ3) is 6.17. The molecule has 2 N–H and O–H groups in total. The second-order valence-corrected chi connectivity index (χ2v) is 11.7. The Balaban J connectivity index is 1.31. The lowest BCUT2D eigenvalue weighted by Gasteiger charge is -2.30. The number of sulfonamides is 1. The molecule has 1 aromatic rings. The van der Waals surface area contributed by atoms with Crippen molar-refractivity contribution in [2.24, 2.45) is 17.8 Å². The van der Waals surface area contributed by atoms with Crippen LogP contribution in [-0.4, -0.2) is 69.5 Å². The number of ether oxygens (including phenoxy) is 3. The second-order valence-electron chi connectivity index (χ2n) is 9.72. The summed E-state index contributed by atoms with van der Waals surface area (Å²) in [5.74, 6) is 2.02. The summed E-state index contributed by atoms with van der Waals surface area (Å²) in [6, 6.07) is 6.31. The van der Waals surface area contributed by atoms with Gasteiger partial charge in [0.25, 0.3) is 5.91 Å². The SMILES string of the molecule is COc1ccc(S(=O)(=O)N(CCO)CCO[C@H]2C[C@@H](C)C=C(C(=O)NC3CC4CCC3C4)O2)cc1. The van der Waals surface area contributed by atoms with Crippen LogP contribution in [0.4, 0.5) is 0 Å². The van der Waals surface area contributed by atoms with Gasteiger partial charge in [-0.05, 0) is 67.4 Å². The summed E-state index contributed by atoms with van der Waals surface area (Å²) in [7, 11) is -2.31. The van der Waals surface area contributed by atoms with E-state index in [-0.39, 0.29) is 54.8 Å². The van der Waals surface area contributed by atoms with Crippen molar-refractivity contribution in [1.82, 2.24) is 9.62 Å². The van der Waals surface area contributed by atoms with Crippen LogP contribution < -0.4 is 10.1 Å². The lowest BCUT2D eigenvalue weighted by atomic mass is 9.95. The minimum absolute atomic E-state index is 0.0412. The number of hydrogen-bond donors (Lipinski definition) is 2. The molecule has 2 aliphatic carbocycles. The smallest absolute Gasteiger partial charge is 0.286 e. The van der Waals surface area contributed by atoms with Gasteiger partial charge in [-0.3, -0.25) is 4.79 Å². The van der Waals surface area contributed by atoms with E-state index in [1.54, 1.807) is 12.1 Å². The number of hydrogen-bond acceptors (Lipinski definition) is 7. The van der Waals surface area contributed by atoms with Crippen molar-refractivity contribution in [3.05, 3.63) is 36.1 Å². The number of allylic oxidation sites excluding steroid dienone is 1. The molecule has 2 saturated carbocycles. The Labute approximate surface area is 207 Å². The zero-order chi connectivity index (χ0) is 25.0. The second kappa shape index (κ2) is 11.3. The summed E-state index contributed by atoms with van der Waals surface area (Å²) >= 11 is 0. The van der Waals surface area contributed by atoms with Crippen LogP contribution >= 0.6 is 0 Å². The molecule has 10 heteroatoms. The van der Waals surface area contributed by atoms with Crippen molar-refractivity contribution in [2.45, 2.75) is 56.3 Å². The van der Waals surface area contributed by atoms with Gasteiger partial charge in [0.1, 0.15) is 5.75 Å². The van der Waals surface area contributed by atoms with Crippen LogP contribution in [0.2, 0.25) is 0 Å². The fraction of sp³-hybridized carbons (Fsp3) is 0.640. The van der Waals surface area contributed by atoms with E-state index in [2.05, 4.69) is 5.32 Å². The number of rotatable bonds is 11. The van der Waals surface area contributed by atoms with E-state index < -0.39 is 16.3 Å². The maximum Gasteiger partial charge on any atom is 0.286 e. The van der Waals surface area contributed by atoms with Gasteiger partial charge in [0.05, 0.1) is 25.2 Å². The predicted molar refractivity (Wildman–Crippen MR) is 129 cm³/mol. The lowest BCUT2D eigenvalue weighted by molar-refractivity contribution is -0.149. The van der Waals surface area contributed by atoms with Crippen molar-refractivity contribution in [2.75, 3.05) is 33.4 Å². The van der Waals surface area contributed by atoms with Crippen molar-refractivity contribution in [3.63, 3.8) is 0 Å². The number of benzene rings is 1. The molecule has 0 radical (unpaired) electrons. The van der Waals surface area contributed by atoms with Gasteiger partial charge in [-0.15, -0.1) is 0 Å². The Morgan fingerprint density at radius 2 is 1.94 bits per heavy atom. The largest absolute Gasteiger partial charge is 0.497 e. The van der Waals surface area contributed by atoms with Gasteiger partial charge in [-0.2, -0.15) is 4.31 Å². The average Bonchev–Trinajstić information content (AvgIpc) is 3.46. The van der Waals surface area contributed by atoms with Crippen molar-refractivity contribution >= 4 is 15.9 Å². The molecule has 194 valence electrons. The highest BCUT2D eigenvalue weighted by atomic mass is 32.2. The molecule has 9 nitrogen and oxygen atoms in total. The first-order chi connectivity index (χ1) is 16.8. The number of aliphatic hydroxyl groups excluding tert-OH is 1. The molecule has 0 aromatic heterocycles. The fourth-order valence-corrected chi connectivity index (χ4v) is 6.81.